The fraction of sp³-hybridized carbons (Fsp3) is 0.463. The van der Waals surface area contributed by atoms with Gasteiger partial charge in [-0.3, -0.25) is 19.1 Å². The standard InChI is InChI=1S/C22H25FN4O.C17H25FN4O.C2H6/c1-3-16(14-18(4-2)27-13-9-8-12-20(27)28)21-19(23)15-24-22(26-21)25-17-10-6-5-7-11-17;18-16-11-13(19)1-6-17(16)22-9-7-21(8-10-22)15-4-2-14(3-5-15)20-12-23;1-2/h3-4,8-9,12-15,17H,2,5-7,10-11H2,1H3,(H,24,25,26);1,6,11-12,14-15H,2-5,7-10,19H2,(H,20,23);1-2H3/b16-3+,18-14+;;. The normalized spacial score (nSPS) is 19.9. The first-order chi connectivity index (χ1) is 25.8. The number of carbonyl (C=O) groups excluding carboxylic acids is 1. The SMILES string of the molecule is C=C/C(=C\C(=C/C)c1nc(NC2CCCCC2)ncc1F)n1ccccc1=O.CC.Nc1ccc(N2CCN(C3CCC(NC=O)CC3)CC2)c(F)c1. The molecule has 0 atom stereocenters. The molecule has 1 aromatic carbocycles. The van der Waals surface area contributed by atoms with Crippen LogP contribution in [0, 0.1) is 11.6 Å². The van der Waals surface area contributed by atoms with Gasteiger partial charge in [-0.15, -0.1) is 0 Å². The molecule has 10 nitrogen and oxygen atoms in total. The van der Waals surface area contributed by atoms with E-state index in [2.05, 4.69) is 37.0 Å². The zero-order valence-electron chi connectivity index (χ0n) is 31.4. The van der Waals surface area contributed by atoms with Crippen molar-refractivity contribution in [2.24, 2.45) is 0 Å². The lowest BCUT2D eigenvalue weighted by molar-refractivity contribution is -0.110. The van der Waals surface area contributed by atoms with Crippen molar-refractivity contribution in [3.05, 3.63) is 101 Å². The van der Waals surface area contributed by atoms with Gasteiger partial charge in [0, 0.05) is 73.5 Å². The van der Waals surface area contributed by atoms with Gasteiger partial charge in [-0.05, 0) is 81.9 Å². The first-order valence-electron chi connectivity index (χ1n) is 19.0. The van der Waals surface area contributed by atoms with Crippen LogP contribution in [-0.4, -0.2) is 70.1 Å². The van der Waals surface area contributed by atoms with Gasteiger partial charge in [-0.25, -0.2) is 18.7 Å². The molecule has 1 saturated heterocycles. The molecule has 2 aromatic heterocycles. The number of carbonyl (C=O) groups is 1. The Hall–Kier alpha value is -4.84. The van der Waals surface area contributed by atoms with Crippen LogP contribution >= 0.6 is 0 Å². The number of nitrogens with two attached hydrogens (primary N) is 1. The van der Waals surface area contributed by atoms with Crippen molar-refractivity contribution >= 4 is 35.0 Å². The summed E-state index contributed by atoms with van der Waals surface area (Å²) >= 11 is 0. The van der Waals surface area contributed by atoms with Crippen LogP contribution in [0.5, 0.6) is 0 Å². The highest BCUT2D eigenvalue weighted by molar-refractivity contribution is 5.80. The Morgan fingerprint density at radius 1 is 0.943 bits per heavy atom. The Bertz CT molecular complexity index is 1740. The van der Waals surface area contributed by atoms with E-state index in [0.29, 0.717) is 46.7 Å². The number of amides is 1. The average molecular weight is 731 g/mol. The summed E-state index contributed by atoms with van der Waals surface area (Å²) in [6, 6.07) is 11.1. The van der Waals surface area contributed by atoms with Crippen LogP contribution in [0.3, 0.4) is 0 Å². The van der Waals surface area contributed by atoms with Crippen molar-refractivity contribution in [2.45, 2.75) is 96.7 Å². The van der Waals surface area contributed by atoms with E-state index >= 15 is 0 Å². The first kappa shape index (κ1) is 40.9. The summed E-state index contributed by atoms with van der Waals surface area (Å²) in [7, 11) is 0. The summed E-state index contributed by atoms with van der Waals surface area (Å²) in [5.41, 5.74) is 7.83. The second kappa shape index (κ2) is 21.0. The Balaban J connectivity index is 0.000000230. The van der Waals surface area contributed by atoms with Crippen molar-refractivity contribution in [2.75, 3.05) is 42.1 Å². The molecule has 3 fully saturated rings. The second-order valence-electron chi connectivity index (χ2n) is 13.3. The number of allylic oxidation sites excluding steroid dienone is 5. The smallest absolute Gasteiger partial charge is 0.255 e. The molecule has 4 N–H and O–H groups in total. The van der Waals surface area contributed by atoms with Crippen molar-refractivity contribution < 1.29 is 13.6 Å². The molecule has 53 heavy (non-hydrogen) atoms. The molecule has 3 aromatic rings. The Kier molecular flexibility index (Phi) is 16.2. The number of halogens is 2. The molecule has 0 bridgehead atoms. The third-order valence-corrected chi connectivity index (χ3v) is 10.0. The van der Waals surface area contributed by atoms with E-state index in [0.717, 1.165) is 71.1 Å². The molecule has 12 heteroatoms. The summed E-state index contributed by atoms with van der Waals surface area (Å²) in [6.07, 6.45) is 18.8. The number of nitrogen functional groups attached to an aromatic ring is 1. The molecule has 286 valence electrons. The molecule has 0 radical (unpaired) electrons. The topological polar surface area (TPSA) is 121 Å². The van der Waals surface area contributed by atoms with Gasteiger partial charge in [0.05, 0.1) is 11.9 Å². The summed E-state index contributed by atoms with van der Waals surface area (Å²) in [5.74, 6) is -0.325. The van der Waals surface area contributed by atoms with Gasteiger partial charge in [0.25, 0.3) is 5.56 Å². The van der Waals surface area contributed by atoms with Crippen molar-refractivity contribution in [1.29, 1.82) is 0 Å². The number of nitrogens with zero attached hydrogens (tertiary/aromatic N) is 5. The third kappa shape index (κ3) is 11.6. The molecular formula is C41H56F2N8O2. The molecule has 1 aliphatic heterocycles. The van der Waals surface area contributed by atoms with E-state index < -0.39 is 5.82 Å². The summed E-state index contributed by atoms with van der Waals surface area (Å²) in [4.78, 5) is 35.8. The summed E-state index contributed by atoms with van der Waals surface area (Å²) in [5, 5.41) is 6.21. The third-order valence-electron chi connectivity index (χ3n) is 10.0. The molecule has 0 spiro atoms. The van der Waals surface area contributed by atoms with Gasteiger partial charge in [-0.2, -0.15) is 0 Å². The molecule has 2 saturated carbocycles. The van der Waals surface area contributed by atoms with Crippen LogP contribution in [-0.2, 0) is 4.79 Å². The van der Waals surface area contributed by atoms with Crippen LogP contribution < -0.4 is 26.8 Å². The lowest BCUT2D eigenvalue weighted by atomic mass is 9.90. The number of pyridine rings is 1. The van der Waals surface area contributed by atoms with Gasteiger partial charge in [0.1, 0.15) is 11.5 Å². The van der Waals surface area contributed by atoms with E-state index in [-0.39, 0.29) is 17.1 Å². The lowest BCUT2D eigenvalue weighted by Crippen LogP contribution is -2.52. The van der Waals surface area contributed by atoms with E-state index in [4.69, 9.17) is 5.73 Å². The van der Waals surface area contributed by atoms with Crippen molar-refractivity contribution in [3.63, 3.8) is 0 Å². The van der Waals surface area contributed by atoms with E-state index in [1.165, 1.54) is 42.2 Å². The Morgan fingerprint density at radius 2 is 1.66 bits per heavy atom. The maximum Gasteiger partial charge on any atom is 0.255 e. The molecule has 1 amide bonds. The molecule has 2 aliphatic carbocycles. The molecule has 0 unspecified atom stereocenters. The lowest BCUT2D eigenvalue weighted by Gasteiger charge is -2.42. The fourth-order valence-corrected chi connectivity index (χ4v) is 7.20. The fourth-order valence-electron chi connectivity index (χ4n) is 7.20. The predicted molar refractivity (Wildman–Crippen MR) is 212 cm³/mol. The number of anilines is 3. The van der Waals surface area contributed by atoms with Crippen LogP contribution in [0.25, 0.3) is 11.3 Å². The zero-order valence-corrected chi connectivity index (χ0v) is 31.4. The molecule has 6 rings (SSSR count). The van der Waals surface area contributed by atoms with Crippen LogP contribution in [0.4, 0.5) is 26.1 Å². The Labute approximate surface area is 312 Å². The van der Waals surface area contributed by atoms with Crippen molar-refractivity contribution in [3.8, 4) is 0 Å². The van der Waals surface area contributed by atoms with Crippen LogP contribution in [0.1, 0.15) is 84.3 Å². The predicted octanol–water partition coefficient (Wildman–Crippen LogP) is 7.27. The second-order valence-corrected chi connectivity index (χ2v) is 13.3. The molecule has 3 heterocycles. The van der Waals surface area contributed by atoms with Gasteiger partial charge in [0.15, 0.2) is 5.82 Å². The number of nitrogens with one attached hydrogen (secondary N) is 2. The maximum absolute atomic E-state index is 14.5. The minimum absolute atomic E-state index is 0.188. The summed E-state index contributed by atoms with van der Waals surface area (Å²) in [6.45, 7) is 13.2. The van der Waals surface area contributed by atoms with E-state index in [9.17, 15) is 18.4 Å². The van der Waals surface area contributed by atoms with Crippen molar-refractivity contribution in [1.82, 2.24) is 24.8 Å². The monoisotopic (exact) mass is 730 g/mol. The minimum atomic E-state index is -0.512. The number of benzene rings is 1. The van der Waals surface area contributed by atoms with Gasteiger partial charge in [-0.1, -0.05) is 51.8 Å². The number of hydrogen-bond donors (Lipinski definition) is 3. The molecule has 3 aliphatic rings. The summed E-state index contributed by atoms with van der Waals surface area (Å²) < 4.78 is 30.0. The van der Waals surface area contributed by atoms with E-state index in [1.54, 1.807) is 55.6 Å². The van der Waals surface area contributed by atoms with Gasteiger partial charge < -0.3 is 21.3 Å². The number of piperazine rings is 1. The minimum Gasteiger partial charge on any atom is -0.399 e. The van der Waals surface area contributed by atoms with Crippen LogP contribution in [0.2, 0.25) is 0 Å². The van der Waals surface area contributed by atoms with E-state index in [1.807, 2.05) is 13.8 Å². The van der Waals surface area contributed by atoms with Gasteiger partial charge >= 0.3 is 0 Å². The zero-order chi connectivity index (χ0) is 38.2. The number of hydrogen-bond acceptors (Lipinski definition) is 8. The number of rotatable bonds is 10. The highest BCUT2D eigenvalue weighted by Gasteiger charge is 2.29. The Morgan fingerprint density at radius 3 is 2.28 bits per heavy atom. The van der Waals surface area contributed by atoms with Gasteiger partial charge in [0.2, 0.25) is 12.4 Å². The quantitative estimate of drug-likeness (QED) is 0.113. The molecular weight excluding hydrogens is 675 g/mol. The van der Waals surface area contributed by atoms with Crippen LogP contribution in [0.15, 0.2) is 78.4 Å². The number of aromatic nitrogens is 3. The highest BCUT2D eigenvalue weighted by atomic mass is 19.1. The average Bonchev–Trinajstić information content (AvgIpc) is 3.19. The largest absolute Gasteiger partial charge is 0.399 e. The first-order valence-corrected chi connectivity index (χ1v) is 19.0. The highest BCUT2D eigenvalue weighted by Crippen LogP contribution is 2.28. The maximum atomic E-state index is 14.5.